The van der Waals surface area contributed by atoms with Gasteiger partial charge in [-0.1, -0.05) is 35.0 Å². The smallest absolute Gasteiger partial charge is 0.264 e. The molecular formula is C25H23ClFN3O3. The SMILES string of the molecule is Cc1onc2c1c(=O)n(C1CCCC(NC(=O)Cc3ccc(F)cc3)C1)c1cccc(Cl)c21. The van der Waals surface area contributed by atoms with Gasteiger partial charge in [-0.2, -0.15) is 0 Å². The number of hydrogen-bond donors (Lipinski definition) is 1. The highest BCUT2D eigenvalue weighted by Gasteiger charge is 2.28. The van der Waals surface area contributed by atoms with Crippen molar-refractivity contribution < 1.29 is 13.7 Å². The third-order valence-corrected chi connectivity index (χ3v) is 6.75. The predicted octanol–water partition coefficient (Wildman–Crippen LogP) is 5.09. The standard InChI is InChI=1S/C25H23ClFN3O3/c1-14-22-24(29-33-14)23-19(26)6-3-7-20(23)30(25(22)32)18-5-2-4-17(13-18)28-21(31)12-15-8-10-16(27)11-9-15/h3,6-11,17-18H,2,4-5,12-13H2,1H3,(H,28,31). The Bertz CT molecular complexity index is 1410. The van der Waals surface area contributed by atoms with Crippen molar-refractivity contribution in [3.05, 3.63) is 75.0 Å². The minimum atomic E-state index is -0.327. The summed E-state index contributed by atoms with van der Waals surface area (Å²) in [5.41, 5.74) is 1.80. The summed E-state index contributed by atoms with van der Waals surface area (Å²) in [7, 11) is 0. The highest BCUT2D eigenvalue weighted by molar-refractivity contribution is 6.37. The van der Waals surface area contributed by atoms with Crippen molar-refractivity contribution >= 4 is 39.3 Å². The summed E-state index contributed by atoms with van der Waals surface area (Å²) in [6, 6.07) is 11.3. The Hall–Kier alpha value is -3.19. The lowest BCUT2D eigenvalue weighted by Crippen LogP contribution is -2.41. The van der Waals surface area contributed by atoms with Crippen molar-refractivity contribution in [2.75, 3.05) is 0 Å². The maximum Gasteiger partial charge on any atom is 0.264 e. The number of aryl methyl sites for hydroxylation is 1. The number of benzene rings is 2. The third-order valence-electron chi connectivity index (χ3n) is 6.44. The molecule has 0 aliphatic heterocycles. The largest absolute Gasteiger partial charge is 0.360 e. The number of amides is 1. The zero-order chi connectivity index (χ0) is 23.1. The first kappa shape index (κ1) is 21.6. The highest BCUT2D eigenvalue weighted by atomic mass is 35.5. The van der Waals surface area contributed by atoms with Gasteiger partial charge < -0.3 is 14.4 Å². The number of nitrogens with zero attached hydrogens (tertiary/aromatic N) is 2. The van der Waals surface area contributed by atoms with Crippen LogP contribution in [0, 0.1) is 12.7 Å². The maximum absolute atomic E-state index is 13.5. The van der Waals surface area contributed by atoms with E-state index in [1.807, 2.05) is 12.1 Å². The first-order valence-corrected chi connectivity index (χ1v) is 11.4. The van der Waals surface area contributed by atoms with E-state index in [2.05, 4.69) is 10.5 Å². The summed E-state index contributed by atoms with van der Waals surface area (Å²) in [6.07, 6.45) is 3.36. The molecule has 1 amide bonds. The van der Waals surface area contributed by atoms with Crippen molar-refractivity contribution in [1.82, 2.24) is 15.0 Å². The van der Waals surface area contributed by atoms with Crippen molar-refractivity contribution in [3.8, 4) is 0 Å². The van der Waals surface area contributed by atoms with Crippen molar-refractivity contribution in [3.63, 3.8) is 0 Å². The van der Waals surface area contributed by atoms with E-state index in [4.69, 9.17) is 16.1 Å². The van der Waals surface area contributed by atoms with E-state index in [1.165, 1.54) is 12.1 Å². The lowest BCUT2D eigenvalue weighted by Gasteiger charge is -2.32. The van der Waals surface area contributed by atoms with Gasteiger partial charge in [0.15, 0.2) is 0 Å². The van der Waals surface area contributed by atoms with Gasteiger partial charge in [0.1, 0.15) is 22.5 Å². The Balaban J connectivity index is 1.45. The fourth-order valence-corrected chi connectivity index (χ4v) is 5.19. The van der Waals surface area contributed by atoms with E-state index < -0.39 is 0 Å². The van der Waals surface area contributed by atoms with E-state index in [0.29, 0.717) is 33.5 Å². The number of hydrogen-bond acceptors (Lipinski definition) is 4. The van der Waals surface area contributed by atoms with Gasteiger partial charge in [0.05, 0.1) is 17.0 Å². The summed E-state index contributed by atoms with van der Waals surface area (Å²) < 4.78 is 20.3. The molecule has 33 heavy (non-hydrogen) atoms. The first-order valence-electron chi connectivity index (χ1n) is 11.0. The fourth-order valence-electron chi connectivity index (χ4n) is 4.93. The zero-order valence-corrected chi connectivity index (χ0v) is 18.9. The quantitative estimate of drug-likeness (QED) is 0.453. The number of halogens is 2. The average Bonchev–Trinajstić information content (AvgIpc) is 3.17. The van der Waals surface area contributed by atoms with Crippen molar-refractivity contribution in [2.24, 2.45) is 0 Å². The number of rotatable bonds is 4. The van der Waals surface area contributed by atoms with E-state index in [9.17, 15) is 14.0 Å². The van der Waals surface area contributed by atoms with Crippen LogP contribution in [0.25, 0.3) is 21.8 Å². The van der Waals surface area contributed by atoms with Gasteiger partial charge in [-0.05, 0) is 62.4 Å². The number of aromatic nitrogens is 2. The van der Waals surface area contributed by atoms with Gasteiger partial charge in [0.25, 0.3) is 5.56 Å². The number of nitrogens with one attached hydrogen (secondary N) is 1. The van der Waals surface area contributed by atoms with Crippen LogP contribution >= 0.6 is 11.6 Å². The van der Waals surface area contributed by atoms with E-state index in [-0.39, 0.29) is 35.8 Å². The van der Waals surface area contributed by atoms with Crippen LogP contribution in [0.3, 0.4) is 0 Å². The van der Waals surface area contributed by atoms with E-state index in [1.54, 1.807) is 29.7 Å². The Morgan fingerprint density at radius 1 is 1.21 bits per heavy atom. The molecule has 1 saturated carbocycles. The lowest BCUT2D eigenvalue weighted by atomic mass is 9.90. The fraction of sp³-hybridized carbons (Fsp3) is 0.320. The van der Waals surface area contributed by atoms with Crippen LogP contribution in [0.4, 0.5) is 4.39 Å². The van der Waals surface area contributed by atoms with Gasteiger partial charge in [-0.3, -0.25) is 9.59 Å². The highest BCUT2D eigenvalue weighted by Crippen LogP contribution is 2.35. The summed E-state index contributed by atoms with van der Waals surface area (Å²) >= 11 is 6.52. The van der Waals surface area contributed by atoms with Crippen LogP contribution in [0.2, 0.25) is 5.02 Å². The van der Waals surface area contributed by atoms with Crippen LogP contribution in [0.15, 0.2) is 51.8 Å². The predicted molar refractivity (Wildman–Crippen MR) is 125 cm³/mol. The van der Waals surface area contributed by atoms with Crippen LogP contribution in [0.5, 0.6) is 0 Å². The number of pyridine rings is 1. The van der Waals surface area contributed by atoms with Crippen LogP contribution in [0.1, 0.15) is 43.0 Å². The number of carbonyl (C=O) groups excluding carboxylic acids is 1. The molecule has 0 radical (unpaired) electrons. The normalized spacial score (nSPS) is 18.6. The van der Waals surface area contributed by atoms with E-state index >= 15 is 0 Å². The minimum Gasteiger partial charge on any atom is -0.360 e. The van der Waals surface area contributed by atoms with Gasteiger partial charge >= 0.3 is 0 Å². The Labute approximate surface area is 194 Å². The maximum atomic E-state index is 13.5. The molecule has 5 rings (SSSR count). The molecule has 1 fully saturated rings. The average molecular weight is 468 g/mol. The molecule has 2 unspecified atom stereocenters. The molecule has 4 aromatic rings. The second-order valence-corrected chi connectivity index (χ2v) is 9.07. The summed E-state index contributed by atoms with van der Waals surface area (Å²) in [5, 5.41) is 8.86. The minimum absolute atomic E-state index is 0.0582. The van der Waals surface area contributed by atoms with Crippen molar-refractivity contribution in [2.45, 2.75) is 51.1 Å². The van der Waals surface area contributed by atoms with Gasteiger partial charge in [0, 0.05) is 17.5 Å². The third kappa shape index (κ3) is 4.02. The lowest BCUT2D eigenvalue weighted by molar-refractivity contribution is -0.121. The molecule has 2 heterocycles. The topological polar surface area (TPSA) is 77.1 Å². The molecule has 0 saturated heterocycles. The van der Waals surface area contributed by atoms with Crippen LogP contribution in [-0.2, 0) is 11.2 Å². The Morgan fingerprint density at radius 2 is 2.00 bits per heavy atom. The molecule has 0 bridgehead atoms. The van der Waals surface area contributed by atoms with Gasteiger partial charge in [-0.25, -0.2) is 4.39 Å². The Kier molecular flexibility index (Phi) is 5.66. The molecule has 2 atom stereocenters. The molecule has 0 spiro atoms. The van der Waals surface area contributed by atoms with E-state index in [0.717, 1.165) is 30.3 Å². The molecule has 1 aliphatic rings. The molecule has 2 aromatic carbocycles. The molecule has 1 aliphatic carbocycles. The monoisotopic (exact) mass is 467 g/mol. The van der Waals surface area contributed by atoms with Crippen LogP contribution < -0.4 is 10.9 Å². The molecule has 8 heteroatoms. The van der Waals surface area contributed by atoms with Gasteiger partial charge in [0.2, 0.25) is 5.91 Å². The number of fused-ring (bicyclic) bond motifs is 3. The van der Waals surface area contributed by atoms with Crippen molar-refractivity contribution in [1.29, 1.82) is 0 Å². The second kappa shape index (κ2) is 8.63. The first-order chi connectivity index (χ1) is 15.9. The summed E-state index contributed by atoms with van der Waals surface area (Å²) in [6.45, 7) is 1.73. The van der Waals surface area contributed by atoms with Gasteiger partial charge in [-0.15, -0.1) is 0 Å². The van der Waals surface area contributed by atoms with Crippen LogP contribution in [-0.4, -0.2) is 21.7 Å². The zero-order valence-electron chi connectivity index (χ0n) is 18.1. The molecule has 1 N–H and O–H groups in total. The molecule has 170 valence electrons. The molecular weight excluding hydrogens is 445 g/mol. The summed E-state index contributed by atoms with van der Waals surface area (Å²) in [4.78, 5) is 26.1. The number of carbonyl (C=O) groups is 1. The Morgan fingerprint density at radius 3 is 2.79 bits per heavy atom. The molecule has 2 aromatic heterocycles. The summed E-state index contributed by atoms with van der Waals surface area (Å²) in [5.74, 6) is 0.0236. The second-order valence-electron chi connectivity index (χ2n) is 8.66. The molecule has 6 nitrogen and oxygen atoms in total.